The Morgan fingerprint density at radius 2 is 2.64 bits per heavy atom. The molecule has 0 bridgehead atoms. The summed E-state index contributed by atoms with van der Waals surface area (Å²) in [6, 6.07) is 3.92. The van der Waals surface area contributed by atoms with Crippen LogP contribution in [0.1, 0.15) is 11.1 Å². The van der Waals surface area contributed by atoms with Crippen molar-refractivity contribution < 1.29 is 0 Å². The summed E-state index contributed by atoms with van der Waals surface area (Å²) < 4.78 is 0. The number of rotatable bonds is 1. The Kier molecular flexibility index (Phi) is 2.05. The quantitative estimate of drug-likeness (QED) is 0.671. The molecule has 3 nitrogen and oxygen atoms in total. The van der Waals surface area contributed by atoms with Gasteiger partial charge in [0.25, 0.3) is 0 Å². The molecule has 1 aliphatic heterocycles. The van der Waals surface area contributed by atoms with Gasteiger partial charge in [0.2, 0.25) is 0 Å². The van der Waals surface area contributed by atoms with Crippen LogP contribution in [0.5, 0.6) is 0 Å². The second kappa shape index (κ2) is 3.19. The van der Waals surface area contributed by atoms with Crippen molar-refractivity contribution in [3.05, 3.63) is 24.0 Å². The molecule has 1 atom stereocenters. The van der Waals surface area contributed by atoms with Crippen LogP contribution < -0.4 is 5.32 Å². The van der Waals surface area contributed by atoms with E-state index in [-0.39, 0.29) is 0 Å². The Bertz CT molecular complexity index is 220. The van der Waals surface area contributed by atoms with Gasteiger partial charge in [0.15, 0.2) is 0 Å². The molecule has 1 unspecified atom stereocenters. The second-order valence-corrected chi connectivity index (χ2v) is 3.57. The van der Waals surface area contributed by atoms with E-state index in [2.05, 4.69) is 15.5 Å². The molecule has 4 heteroatoms. The highest BCUT2D eigenvalue weighted by atomic mass is 32.2. The molecule has 1 aliphatic rings. The molecule has 1 N–H and O–H groups in total. The number of nitrogens with zero attached hydrogens (tertiary/aromatic N) is 2. The van der Waals surface area contributed by atoms with E-state index in [4.69, 9.17) is 0 Å². The maximum atomic E-state index is 4.03. The van der Waals surface area contributed by atoms with E-state index in [1.165, 1.54) is 5.75 Å². The summed E-state index contributed by atoms with van der Waals surface area (Å²) in [5.41, 5.74) is 1.04. The highest BCUT2D eigenvalue weighted by Gasteiger charge is 2.17. The largest absolute Gasteiger partial charge is 0.299 e. The third-order valence-corrected chi connectivity index (χ3v) is 2.76. The maximum absolute atomic E-state index is 4.03. The molecule has 1 fully saturated rings. The molecule has 0 radical (unpaired) electrons. The monoisotopic (exact) mass is 167 g/mol. The van der Waals surface area contributed by atoms with Gasteiger partial charge in [-0.2, -0.15) is 10.2 Å². The molecule has 11 heavy (non-hydrogen) atoms. The summed E-state index contributed by atoms with van der Waals surface area (Å²) in [5, 5.41) is 11.6. The van der Waals surface area contributed by atoms with Gasteiger partial charge in [-0.15, -0.1) is 11.8 Å². The highest BCUT2D eigenvalue weighted by molar-refractivity contribution is 7.99. The molecule has 0 saturated carbocycles. The molecular formula is C7H9N3S. The smallest absolute Gasteiger partial charge is 0.0981 e. The normalized spacial score (nSPS) is 23.8. The fraction of sp³-hybridized carbons (Fsp3) is 0.429. The predicted octanol–water partition coefficient (Wildman–Crippen LogP) is 0.812. The predicted molar refractivity (Wildman–Crippen MR) is 45.2 cm³/mol. The summed E-state index contributed by atoms with van der Waals surface area (Å²) in [7, 11) is 0. The molecule has 1 aromatic heterocycles. The van der Waals surface area contributed by atoms with Gasteiger partial charge in [0.1, 0.15) is 0 Å². The third kappa shape index (κ3) is 1.52. The van der Waals surface area contributed by atoms with Gasteiger partial charge in [-0.25, -0.2) is 0 Å². The lowest BCUT2D eigenvalue weighted by atomic mass is 10.4. The van der Waals surface area contributed by atoms with Crippen LogP contribution in [0.4, 0.5) is 0 Å². The molecule has 2 rings (SSSR count). The van der Waals surface area contributed by atoms with E-state index >= 15 is 0 Å². The van der Waals surface area contributed by atoms with Crippen molar-refractivity contribution in [2.24, 2.45) is 0 Å². The van der Waals surface area contributed by atoms with Crippen LogP contribution >= 0.6 is 11.8 Å². The zero-order valence-electron chi connectivity index (χ0n) is 6.03. The molecule has 0 spiro atoms. The molecule has 0 aliphatic carbocycles. The topological polar surface area (TPSA) is 37.8 Å². The lowest BCUT2D eigenvalue weighted by molar-refractivity contribution is 0.717. The molecule has 1 aromatic rings. The van der Waals surface area contributed by atoms with Crippen molar-refractivity contribution in [2.45, 2.75) is 5.37 Å². The Balaban J connectivity index is 2.16. The fourth-order valence-corrected chi connectivity index (χ4v) is 2.07. The first-order chi connectivity index (χ1) is 5.47. The van der Waals surface area contributed by atoms with Gasteiger partial charge in [-0.1, -0.05) is 0 Å². The maximum Gasteiger partial charge on any atom is 0.0981 e. The van der Waals surface area contributed by atoms with E-state index in [0.29, 0.717) is 5.37 Å². The molecule has 58 valence electrons. The van der Waals surface area contributed by atoms with E-state index in [1.807, 2.05) is 23.9 Å². The van der Waals surface area contributed by atoms with Gasteiger partial charge in [-0.3, -0.25) is 5.32 Å². The van der Waals surface area contributed by atoms with Crippen LogP contribution in [-0.2, 0) is 0 Å². The first-order valence-electron chi connectivity index (χ1n) is 3.59. The average Bonchev–Trinajstić information content (AvgIpc) is 2.58. The number of hydrogen-bond acceptors (Lipinski definition) is 4. The Morgan fingerprint density at radius 1 is 1.64 bits per heavy atom. The standard InChI is InChI=1S/C7H9N3S/c1-2-6(10-9-3-1)7-8-4-5-11-7/h1-3,7-8H,4-5H2. The Morgan fingerprint density at radius 3 is 3.27 bits per heavy atom. The van der Waals surface area contributed by atoms with Crippen LogP contribution in [0.25, 0.3) is 0 Å². The van der Waals surface area contributed by atoms with E-state index in [0.717, 1.165) is 12.2 Å². The van der Waals surface area contributed by atoms with Gasteiger partial charge in [-0.05, 0) is 12.1 Å². The van der Waals surface area contributed by atoms with Gasteiger partial charge >= 0.3 is 0 Å². The van der Waals surface area contributed by atoms with Crippen molar-refractivity contribution in [1.29, 1.82) is 0 Å². The summed E-state index contributed by atoms with van der Waals surface area (Å²) in [5.74, 6) is 1.17. The molecule has 0 amide bonds. The minimum Gasteiger partial charge on any atom is -0.299 e. The van der Waals surface area contributed by atoms with Crippen LogP contribution in [0.2, 0.25) is 0 Å². The summed E-state index contributed by atoms with van der Waals surface area (Å²) in [6.45, 7) is 1.08. The van der Waals surface area contributed by atoms with Gasteiger partial charge in [0.05, 0.1) is 11.1 Å². The van der Waals surface area contributed by atoms with Crippen molar-refractivity contribution >= 4 is 11.8 Å². The van der Waals surface area contributed by atoms with Crippen molar-refractivity contribution in [2.75, 3.05) is 12.3 Å². The van der Waals surface area contributed by atoms with Crippen LogP contribution in [0, 0.1) is 0 Å². The van der Waals surface area contributed by atoms with Crippen LogP contribution in [0.3, 0.4) is 0 Å². The lowest BCUT2D eigenvalue weighted by Gasteiger charge is -2.05. The average molecular weight is 167 g/mol. The zero-order valence-corrected chi connectivity index (χ0v) is 6.84. The van der Waals surface area contributed by atoms with Gasteiger partial charge in [0, 0.05) is 18.5 Å². The van der Waals surface area contributed by atoms with Crippen molar-refractivity contribution in [3.63, 3.8) is 0 Å². The van der Waals surface area contributed by atoms with Crippen LogP contribution in [-0.4, -0.2) is 22.5 Å². The Hall–Kier alpha value is -0.610. The minimum atomic E-state index is 0.365. The lowest BCUT2D eigenvalue weighted by Crippen LogP contribution is -2.13. The summed E-state index contributed by atoms with van der Waals surface area (Å²) >= 11 is 1.88. The molecule has 2 heterocycles. The van der Waals surface area contributed by atoms with E-state index in [1.54, 1.807) is 6.20 Å². The van der Waals surface area contributed by atoms with E-state index in [9.17, 15) is 0 Å². The molecule has 0 aromatic carbocycles. The number of nitrogens with one attached hydrogen (secondary N) is 1. The summed E-state index contributed by atoms with van der Waals surface area (Å²) in [4.78, 5) is 0. The SMILES string of the molecule is c1cnnc(C2NCCS2)c1. The molecule has 1 saturated heterocycles. The first-order valence-corrected chi connectivity index (χ1v) is 4.64. The third-order valence-electron chi connectivity index (χ3n) is 1.58. The number of hydrogen-bond donors (Lipinski definition) is 1. The Labute approximate surface area is 69.6 Å². The van der Waals surface area contributed by atoms with Crippen molar-refractivity contribution in [3.8, 4) is 0 Å². The van der Waals surface area contributed by atoms with Gasteiger partial charge < -0.3 is 0 Å². The highest BCUT2D eigenvalue weighted by Crippen LogP contribution is 2.27. The minimum absolute atomic E-state index is 0.365. The second-order valence-electron chi connectivity index (χ2n) is 2.35. The van der Waals surface area contributed by atoms with Crippen LogP contribution in [0.15, 0.2) is 18.3 Å². The summed E-state index contributed by atoms with van der Waals surface area (Å²) in [6.07, 6.45) is 1.70. The number of aromatic nitrogens is 2. The number of thioether (sulfide) groups is 1. The molecular weight excluding hydrogens is 158 g/mol. The fourth-order valence-electron chi connectivity index (χ4n) is 1.07. The van der Waals surface area contributed by atoms with E-state index < -0.39 is 0 Å². The first kappa shape index (κ1) is 7.06. The van der Waals surface area contributed by atoms with Crippen molar-refractivity contribution in [1.82, 2.24) is 15.5 Å². The zero-order chi connectivity index (χ0) is 7.52.